The van der Waals surface area contributed by atoms with E-state index in [0.29, 0.717) is 19.1 Å². The van der Waals surface area contributed by atoms with Crippen LogP contribution in [0.15, 0.2) is 36.5 Å². The molecule has 1 N–H and O–H groups in total. The van der Waals surface area contributed by atoms with Gasteiger partial charge in [-0.3, -0.25) is 4.79 Å². The summed E-state index contributed by atoms with van der Waals surface area (Å²) in [5, 5.41) is 2.32. The van der Waals surface area contributed by atoms with Gasteiger partial charge in [-0.1, -0.05) is 0 Å². The van der Waals surface area contributed by atoms with Crippen molar-refractivity contribution in [2.45, 2.75) is 18.9 Å². The lowest BCUT2D eigenvalue weighted by Crippen LogP contribution is -2.26. The van der Waals surface area contributed by atoms with Crippen LogP contribution in [0.2, 0.25) is 0 Å². The van der Waals surface area contributed by atoms with Gasteiger partial charge in [-0.2, -0.15) is 0 Å². The topological polar surface area (TPSA) is 60.5 Å². The Kier molecular flexibility index (Phi) is 5.00. The highest BCUT2D eigenvalue weighted by Crippen LogP contribution is 2.18. The minimum absolute atomic E-state index is 0.0484. The first kappa shape index (κ1) is 16.3. The van der Waals surface area contributed by atoms with Gasteiger partial charge in [0.15, 0.2) is 0 Å². The minimum atomic E-state index is -0.711. The van der Waals surface area contributed by atoms with Crippen LogP contribution in [0, 0.1) is 11.6 Å². The largest absolute Gasteiger partial charge is 0.474 e. The Bertz CT molecular complexity index is 716. The van der Waals surface area contributed by atoms with Crippen LogP contribution in [0.4, 0.5) is 14.5 Å². The Labute approximate surface area is 137 Å². The molecule has 126 valence electrons. The van der Waals surface area contributed by atoms with E-state index in [4.69, 9.17) is 9.47 Å². The van der Waals surface area contributed by atoms with Crippen LogP contribution in [0.1, 0.15) is 23.2 Å². The SMILES string of the molecule is O=C(Nc1cc(F)ccc1F)c1ccc(OC2CCOCC2)nc1. The van der Waals surface area contributed by atoms with E-state index >= 15 is 0 Å². The zero-order valence-corrected chi connectivity index (χ0v) is 12.8. The second kappa shape index (κ2) is 7.35. The second-order valence-electron chi connectivity index (χ2n) is 5.39. The number of hydrogen-bond donors (Lipinski definition) is 1. The van der Waals surface area contributed by atoms with Gasteiger partial charge in [-0.15, -0.1) is 0 Å². The van der Waals surface area contributed by atoms with Crippen molar-refractivity contribution in [2.24, 2.45) is 0 Å². The van der Waals surface area contributed by atoms with Gasteiger partial charge in [0.2, 0.25) is 5.88 Å². The zero-order valence-electron chi connectivity index (χ0n) is 12.8. The van der Waals surface area contributed by atoms with E-state index in [1.165, 1.54) is 12.3 Å². The molecule has 1 aromatic carbocycles. The smallest absolute Gasteiger partial charge is 0.257 e. The molecule has 5 nitrogen and oxygen atoms in total. The number of amides is 1. The highest BCUT2D eigenvalue weighted by molar-refractivity contribution is 6.04. The summed E-state index contributed by atoms with van der Waals surface area (Å²) in [4.78, 5) is 16.2. The van der Waals surface area contributed by atoms with Crippen molar-refractivity contribution in [3.63, 3.8) is 0 Å². The molecule has 0 aliphatic carbocycles. The van der Waals surface area contributed by atoms with Gasteiger partial charge in [0.25, 0.3) is 5.91 Å². The van der Waals surface area contributed by atoms with Crippen molar-refractivity contribution in [1.29, 1.82) is 0 Å². The fourth-order valence-electron chi connectivity index (χ4n) is 2.34. The fraction of sp³-hybridized carbons (Fsp3) is 0.294. The lowest BCUT2D eigenvalue weighted by molar-refractivity contribution is 0.0237. The Balaban J connectivity index is 1.64. The normalized spacial score (nSPS) is 15.1. The van der Waals surface area contributed by atoms with Crippen molar-refractivity contribution in [1.82, 2.24) is 4.98 Å². The highest BCUT2D eigenvalue weighted by atomic mass is 19.1. The van der Waals surface area contributed by atoms with Gasteiger partial charge >= 0.3 is 0 Å². The van der Waals surface area contributed by atoms with Gasteiger partial charge in [-0.05, 0) is 18.2 Å². The molecule has 1 saturated heterocycles. The second-order valence-corrected chi connectivity index (χ2v) is 5.39. The number of hydrogen-bond acceptors (Lipinski definition) is 4. The zero-order chi connectivity index (χ0) is 16.9. The fourth-order valence-corrected chi connectivity index (χ4v) is 2.34. The molecule has 1 aromatic heterocycles. The third kappa shape index (κ3) is 4.05. The molecular weight excluding hydrogens is 318 g/mol. The maximum Gasteiger partial charge on any atom is 0.257 e. The van der Waals surface area contributed by atoms with Crippen LogP contribution < -0.4 is 10.1 Å². The molecule has 0 unspecified atom stereocenters. The molecule has 1 amide bonds. The summed E-state index contributed by atoms with van der Waals surface area (Å²) in [7, 11) is 0. The standard InChI is InChI=1S/C17H16F2N2O3/c18-12-2-3-14(19)15(9-12)21-17(22)11-1-4-16(20-10-11)24-13-5-7-23-8-6-13/h1-4,9-10,13H,5-8H2,(H,21,22). The average Bonchev–Trinajstić information content (AvgIpc) is 2.60. The summed E-state index contributed by atoms with van der Waals surface area (Å²) in [5.41, 5.74) is 0.000482. The number of benzene rings is 1. The number of carbonyl (C=O) groups is 1. The van der Waals surface area contributed by atoms with Gasteiger partial charge < -0.3 is 14.8 Å². The summed E-state index contributed by atoms with van der Waals surface area (Å²) >= 11 is 0. The Morgan fingerprint density at radius 2 is 2.00 bits per heavy atom. The summed E-state index contributed by atoms with van der Waals surface area (Å²) < 4.78 is 37.6. The lowest BCUT2D eigenvalue weighted by atomic mass is 10.1. The summed E-state index contributed by atoms with van der Waals surface area (Å²) in [5.74, 6) is -1.51. The molecule has 2 aromatic rings. The molecule has 2 heterocycles. The molecule has 0 atom stereocenters. The maximum atomic E-state index is 13.5. The van der Waals surface area contributed by atoms with E-state index in [-0.39, 0.29) is 17.4 Å². The van der Waals surface area contributed by atoms with Crippen LogP contribution in [0.3, 0.4) is 0 Å². The van der Waals surface area contributed by atoms with Crippen molar-refractivity contribution < 1.29 is 23.0 Å². The van der Waals surface area contributed by atoms with Gasteiger partial charge in [-0.25, -0.2) is 13.8 Å². The molecule has 1 aliphatic heterocycles. The number of nitrogens with one attached hydrogen (secondary N) is 1. The van der Waals surface area contributed by atoms with Crippen molar-refractivity contribution in [2.75, 3.05) is 18.5 Å². The number of ether oxygens (including phenoxy) is 2. The van der Waals surface area contributed by atoms with Crippen molar-refractivity contribution >= 4 is 11.6 Å². The molecular formula is C17H16F2N2O3. The molecule has 24 heavy (non-hydrogen) atoms. The predicted octanol–water partition coefficient (Wildman–Crippen LogP) is 3.17. The predicted molar refractivity (Wildman–Crippen MR) is 83.0 cm³/mol. The lowest BCUT2D eigenvalue weighted by Gasteiger charge is -2.22. The van der Waals surface area contributed by atoms with Crippen LogP contribution in [0.5, 0.6) is 5.88 Å². The number of rotatable bonds is 4. The molecule has 0 saturated carbocycles. The number of nitrogens with zero attached hydrogens (tertiary/aromatic N) is 1. The Morgan fingerprint density at radius 3 is 2.71 bits per heavy atom. The molecule has 0 bridgehead atoms. The first-order valence-corrected chi connectivity index (χ1v) is 7.58. The first-order valence-electron chi connectivity index (χ1n) is 7.58. The maximum absolute atomic E-state index is 13.5. The van der Waals surface area contributed by atoms with Crippen LogP contribution in [0.25, 0.3) is 0 Å². The van der Waals surface area contributed by atoms with Crippen LogP contribution in [-0.4, -0.2) is 30.2 Å². The van der Waals surface area contributed by atoms with Gasteiger partial charge in [0, 0.05) is 31.2 Å². The van der Waals surface area contributed by atoms with E-state index in [1.807, 2.05) is 0 Å². The Hall–Kier alpha value is -2.54. The minimum Gasteiger partial charge on any atom is -0.474 e. The third-order valence-electron chi connectivity index (χ3n) is 3.63. The van der Waals surface area contributed by atoms with Crippen LogP contribution in [-0.2, 0) is 4.74 Å². The van der Waals surface area contributed by atoms with Crippen molar-refractivity contribution in [3.8, 4) is 5.88 Å². The molecule has 1 fully saturated rings. The van der Waals surface area contributed by atoms with E-state index in [0.717, 1.165) is 31.0 Å². The number of halogens is 2. The van der Waals surface area contributed by atoms with Gasteiger partial charge in [0.05, 0.1) is 24.5 Å². The van der Waals surface area contributed by atoms with E-state index in [2.05, 4.69) is 10.3 Å². The van der Waals surface area contributed by atoms with E-state index in [1.54, 1.807) is 6.07 Å². The molecule has 0 spiro atoms. The Morgan fingerprint density at radius 1 is 1.21 bits per heavy atom. The molecule has 0 radical (unpaired) electrons. The average molecular weight is 334 g/mol. The number of aromatic nitrogens is 1. The summed E-state index contributed by atoms with van der Waals surface area (Å²) in [6.45, 7) is 1.31. The molecule has 1 aliphatic rings. The van der Waals surface area contributed by atoms with Crippen LogP contribution >= 0.6 is 0 Å². The third-order valence-corrected chi connectivity index (χ3v) is 3.63. The van der Waals surface area contributed by atoms with E-state index in [9.17, 15) is 13.6 Å². The summed E-state index contributed by atoms with van der Waals surface area (Å²) in [6, 6.07) is 5.95. The number of carbonyl (C=O) groups excluding carboxylic acids is 1. The first-order chi connectivity index (χ1) is 11.6. The molecule has 7 heteroatoms. The quantitative estimate of drug-likeness (QED) is 0.933. The summed E-state index contributed by atoms with van der Waals surface area (Å²) in [6.07, 6.45) is 2.97. The number of pyridine rings is 1. The van der Waals surface area contributed by atoms with E-state index < -0.39 is 17.5 Å². The molecule has 3 rings (SSSR count). The van der Waals surface area contributed by atoms with Crippen molar-refractivity contribution in [3.05, 3.63) is 53.7 Å². The monoisotopic (exact) mass is 334 g/mol. The number of anilines is 1. The van der Waals surface area contributed by atoms with Gasteiger partial charge in [0.1, 0.15) is 17.7 Å². The highest BCUT2D eigenvalue weighted by Gasteiger charge is 2.16.